The molecule has 0 amide bonds. The fourth-order valence-corrected chi connectivity index (χ4v) is 9.12. The Morgan fingerprint density at radius 1 is 0.942 bits per heavy atom. The predicted molar refractivity (Wildman–Crippen MR) is 213 cm³/mol. The highest BCUT2D eigenvalue weighted by molar-refractivity contribution is 5.93. The predicted octanol–water partition coefficient (Wildman–Crippen LogP) is 11.3. The SMILES string of the molecule is C=C(CCCOCC(=C)C(CCC1CC1)CC(=O)C1C(C(=O)C(CC(=C)OC(C)(C)C)C(C)(C)C)CC2C1C2(C)C)CC(C(C)=O)c1ccccc1. The lowest BCUT2D eigenvalue weighted by Crippen LogP contribution is -2.40. The van der Waals surface area contributed by atoms with Crippen LogP contribution in [0.25, 0.3) is 0 Å². The third-order valence-electron chi connectivity index (χ3n) is 12.4. The molecule has 5 nitrogen and oxygen atoms in total. The smallest absolute Gasteiger partial charge is 0.140 e. The summed E-state index contributed by atoms with van der Waals surface area (Å²) in [5, 5.41) is 0. The average molecular weight is 715 g/mol. The van der Waals surface area contributed by atoms with Gasteiger partial charge in [-0.2, -0.15) is 0 Å². The number of Topliss-reactive ketones (excluding diaryl/α,β-unsaturated/α-hetero) is 3. The van der Waals surface area contributed by atoms with Crippen molar-refractivity contribution >= 4 is 17.3 Å². The Morgan fingerprint density at radius 3 is 2.17 bits per heavy atom. The van der Waals surface area contributed by atoms with E-state index in [-0.39, 0.29) is 69.3 Å². The van der Waals surface area contributed by atoms with Crippen molar-refractivity contribution in [3.05, 3.63) is 72.5 Å². The van der Waals surface area contributed by atoms with Crippen LogP contribution in [0.4, 0.5) is 0 Å². The van der Waals surface area contributed by atoms with Crippen molar-refractivity contribution in [2.45, 2.75) is 138 Å². The Morgan fingerprint density at radius 2 is 1.60 bits per heavy atom. The molecule has 0 N–H and O–H groups in total. The molecule has 3 aliphatic rings. The molecule has 1 aromatic rings. The molecule has 0 heterocycles. The van der Waals surface area contributed by atoms with Gasteiger partial charge in [0.1, 0.15) is 23.0 Å². The molecule has 52 heavy (non-hydrogen) atoms. The van der Waals surface area contributed by atoms with Crippen LogP contribution in [0, 0.1) is 52.3 Å². The molecule has 0 spiro atoms. The Hall–Kier alpha value is -2.79. The second kappa shape index (κ2) is 17.1. The molecular weight excluding hydrogens is 645 g/mol. The van der Waals surface area contributed by atoms with Gasteiger partial charge >= 0.3 is 0 Å². The van der Waals surface area contributed by atoms with E-state index in [1.165, 1.54) is 12.8 Å². The second-order valence-corrected chi connectivity index (χ2v) is 19.3. The highest BCUT2D eigenvalue weighted by Crippen LogP contribution is 2.71. The minimum atomic E-state index is -0.376. The van der Waals surface area contributed by atoms with E-state index in [0.29, 0.717) is 44.2 Å². The zero-order valence-corrected chi connectivity index (χ0v) is 34.2. The minimum Gasteiger partial charge on any atom is -0.493 e. The fourth-order valence-electron chi connectivity index (χ4n) is 9.12. The van der Waals surface area contributed by atoms with Crippen LogP contribution in [-0.2, 0) is 23.9 Å². The number of hydrogen-bond donors (Lipinski definition) is 0. The van der Waals surface area contributed by atoms with E-state index in [9.17, 15) is 14.4 Å². The normalized spacial score (nSPS) is 23.9. The van der Waals surface area contributed by atoms with Gasteiger partial charge in [0, 0.05) is 43.1 Å². The van der Waals surface area contributed by atoms with E-state index >= 15 is 0 Å². The molecule has 0 aliphatic heterocycles. The highest BCUT2D eigenvalue weighted by atomic mass is 16.5. The fraction of sp³-hybridized carbons (Fsp3) is 0.681. The number of carbonyl (C=O) groups excluding carboxylic acids is 3. The van der Waals surface area contributed by atoms with E-state index in [2.05, 4.69) is 54.4 Å². The van der Waals surface area contributed by atoms with Gasteiger partial charge in [-0.15, -0.1) is 0 Å². The molecule has 7 atom stereocenters. The van der Waals surface area contributed by atoms with Gasteiger partial charge in [0.2, 0.25) is 0 Å². The lowest BCUT2D eigenvalue weighted by atomic mass is 9.68. The summed E-state index contributed by atoms with van der Waals surface area (Å²) in [6, 6.07) is 9.94. The monoisotopic (exact) mass is 715 g/mol. The number of ether oxygens (including phenoxy) is 2. The molecular formula is C47H70O5. The molecule has 3 aliphatic carbocycles. The Balaban J connectivity index is 1.36. The lowest BCUT2D eigenvalue weighted by Gasteiger charge is -2.36. The zero-order chi connectivity index (χ0) is 38.6. The zero-order valence-electron chi connectivity index (χ0n) is 34.2. The third kappa shape index (κ3) is 11.4. The van der Waals surface area contributed by atoms with Gasteiger partial charge in [0.15, 0.2) is 0 Å². The summed E-state index contributed by atoms with van der Waals surface area (Å²) in [5.41, 5.74) is 2.52. The van der Waals surface area contributed by atoms with Gasteiger partial charge in [0.25, 0.3) is 0 Å². The summed E-state index contributed by atoms with van der Waals surface area (Å²) in [6.45, 7) is 32.5. The maximum Gasteiger partial charge on any atom is 0.140 e. The Bertz CT molecular complexity index is 1450. The molecule has 5 heteroatoms. The quantitative estimate of drug-likeness (QED) is 0.0679. The summed E-state index contributed by atoms with van der Waals surface area (Å²) in [6.07, 6.45) is 8.59. The van der Waals surface area contributed by atoms with Gasteiger partial charge in [0.05, 0.1) is 12.4 Å². The molecule has 288 valence electrons. The van der Waals surface area contributed by atoms with Crippen molar-refractivity contribution in [2.75, 3.05) is 13.2 Å². The first-order chi connectivity index (χ1) is 24.2. The topological polar surface area (TPSA) is 69.7 Å². The first-order valence-corrected chi connectivity index (χ1v) is 20.1. The molecule has 7 unspecified atom stereocenters. The number of allylic oxidation sites excluding steroid dienone is 2. The number of ketones is 3. The van der Waals surface area contributed by atoms with Crippen molar-refractivity contribution in [1.29, 1.82) is 0 Å². The average Bonchev–Trinajstić information content (AvgIpc) is 3.90. The van der Waals surface area contributed by atoms with Crippen molar-refractivity contribution in [2.24, 2.45) is 52.3 Å². The highest BCUT2D eigenvalue weighted by Gasteiger charge is 2.69. The number of rotatable bonds is 22. The van der Waals surface area contributed by atoms with Crippen molar-refractivity contribution in [1.82, 2.24) is 0 Å². The van der Waals surface area contributed by atoms with Crippen LogP contribution in [0.3, 0.4) is 0 Å². The summed E-state index contributed by atoms with van der Waals surface area (Å²) < 4.78 is 12.3. The minimum absolute atomic E-state index is 0.0558. The maximum absolute atomic E-state index is 14.5. The van der Waals surface area contributed by atoms with E-state index < -0.39 is 0 Å². The Labute approximate surface area is 316 Å². The first kappa shape index (κ1) is 42.0. The molecule has 0 saturated heterocycles. The van der Waals surface area contributed by atoms with E-state index in [4.69, 9.17) is 9.47 Å². The molecule has 0 aromatic heterocycles. The van der Waals surface area contributed by atoms with Crippen molar-refractivity contribution in [3.63, 3.8) is 0 Å². The number of benzene rings is 1. The summed E-state index contributed by atoms with van der Waals surface area (Å²) >= 11 is 0. The van der Waals surface area contributed by atoms with E-state index in [1.54, 1.807) is 6.92 Å². The van der Waals surface area contributed by atoms with Crippen LogP contribution in [0.15, 0.2) is 67.0 Å². The van der Waals surface area contributed by atoms with Gasteiger partial charge in [-0.3, -0.25) is 14.4 Å². The largest absolute Gasteiger partial charge is 0.493 e. The van der Waals surface area contributed by atoms with Gasteiger partial charge < -0.3 is 9.47 Å². The lowest BCUT2D eigenvalue weighted by molar-refractivity contribution is -0.138. The van der Waals surface area contributed by atoms with Crippen LogP contribution in [0.5, 0.6) is 0 Å². The van der Waals surface area contributed by atoms with Crippen LogP contribution < -0.4 is 0 Å². The maximum atomic E-state index is 14.5. The van der Waals surface area contributed by atoms with E-state index in [1.807, 2.05) is 51.1 Å². The van der Waals surface area contributed by atoms with Crippen LogP contribution in [-0.4, -0.2) is 36.2 Å². The van der Waals surface area contributed by atoms with Gasteiger partial charge in [-0.1, -0.05) is 103 Å². The molecule has 0 bridgehead atoms. The molecule has 3 saturated carbocycles. The van der Waals surface area contributed by atoms with Crippen molar-refractivity contribution in [3.8, 4) is 0 Å². The van der Waals surface area contributed by atoms with Crippen molar-refractivity contribution < 1.29 is 23.9 Å². The van der Waals surface area contributed by atoms with Gasteiger partial charge in [-0.25, -0.2) is 0 Å². The van der Waals surface area contributed by atoms with Crippen LogP contribution in [0.1, 0.15) is 138 Å². The number of fused-ring (bicyclic) bond motifs is 1. The summed E-state index contributed by atoms with van der Waals surface area (Å²) in [4.78, 5) is 41.4. The second-order valence-electron chi connectivity index (χ2n) is 19.3. The third-order valence-corrected chi connectivity index (χ3v) is 12.4. The molecule has 3 fully saturated rings. The molecule has 1 aromatic carbocycles. The van der Waals surface area contributed by atoms with Crippen LogP contribution in [0.2, 0.25) is 0 Å². The summed E-state index contributed by atoms with van der Waals surface area (Å²) in [5.74, 6) is 1.81. The Kier molecular flexibility index (Phi) is 13.8. The molecule has 0 radical (unpaired) electrons. The summed E-state index contributed by atoms with van der Waals surface area (Å²) in [7, 11) is 0. The van der Waals surface area contributed by atoms with Crippen LogP contribution >= 0.6 is 0 Å². The number of hydrogen-bond acceptors (Lipinski definition) is 5. The number of carbonyl (C=O) groups is 3. The van der Waals surface area contributed by atoms with E-state index in [0.717, 1.165) is 54.7 Å². The first-order valence-electron chi connectivity index (χ1n) is 20.1. The van der Waals surface area contributed by atoms with Gasteiger partial charge in [-0.05, 0) is 112 Å². The standard InChI is InChI=1S/C47H70O5/c1-30(25-37(33(4)48)35-18-14-13-15-19-35)17-16-24-51-29-31(2)36(23-22-34-20-21-34)27-41(49)42-38(28-39-43(42)47(39,11)12)44(50)40(45(5,6)7)26-32(3)52-46(8,9)10/h13-15,18-19,34,36-40,42-43H,1-3,16-17,20-29H2,4-12H3. The molecule has 4 rings (SSSR count).